The standard InChI is InChI=1S/C23H17N3O4S/c1-2-16-11-18-22(28)24-21-19(20(27)13-7-5-8-15(10-13)26(29)30)17-9-4-3-6-14(17)12-25(21)23(18)31-16/h3-11,27H,2,12H2,1H3/b20-19+. The molecule has 7 nitrogen and oxygen atoms in total. The molecule has 0 atom stereocenters. The Kier molecular flexibility index (Phi) is 4.44. The molecule has 0 bridgehead atoms. The number of aryl methyl sites for hydroxylation is 1. The van der Waals surface area contributed by atoms with Crippen LogP contribution in [-0.4, -0.2) is 19.6 Å². The second kappa shape index (κ2) is 7.17. The van der Waals surface area contributed by atoms with Crippen molar-refractivity contribution in [2.75, 3.05) is 0 Å². The molecule has 2 aromatic carbocycles. The molecule has 1 N–H and O–H groups in total. The van der Waals surface area contributed by atoms with Crippen LogP contribution in [0.2, 0.25) is 0 Å². The van der Waals surface area contributed by atoms with Crippen molar-refractivity contribution in [2.24, 2.45) is 0 Å². The maximum absolute atomic E-state index is 12.8. The average molecular weight is 431 g/mol. The zero-order valence-corrected chi connectivity index (χ0v) is 17.3. The number of hydrogen-bond donors (Lipinski definition) is 1. The molecule has 2 aromatic heterocycles. The molecule has 0 saturated carbocycles. The summed E-state index contributed by atoms with van der Waals surface area (Å²) in [5, 5.41) is 23.1. The number of nitro groups is 1. The van der Waals surface area contributed by atoms with Crippen molar-refractivity contribution in [1.82, 2.24) is 9.55 Å². The van der Waals surface area contributed by atoms with Gasteiger partial charge in [-0.15, -0.1) is 11.3 Å². The van der Waals surface area contributed by atoms with Crippen molar-refractivity contribution in [3.8, 4) is 0 Å². The molecule has 4 aromatic rings. The summed E-state index contributed by atoms with van der Waals surface area (Å²) in [6, 6.07) is 15.3. The van der Waals surface area contributed by atoms with E-state index in [-0.39, 0.29) is 17.0 Å². The van der Waals surface area contributed by atoms with E-state index in [9.17, 15) is 20.0 Å². The highest BCUT2D eigenvalue weighted by Gasteiger charge is 2.28. The number of aliphatic hydroxyl groups excluding tert-OH is 1. The molecule has 0 aliphatic carbocycles. The molecule has 0 fully saturated rings. The SMILES string of the molecule is CCc1cc2c(=O)nc3n(c2s1)Cc1ccccc1/C3=C(\O)c1cccc([N+](=O)[O-])c1. The molecule has 0 saturated heterocycles. The molecule has 0 spiro atoms. The van der Waals surface area contributed by atoms with Gasteiger partial charge in [-0.05, 0) is 23.6 Å². The van der Waals surface area contributed by atoms with Crippen LogP contribution in [0, 0.1) is 10.1 Å². The zero-order chi connectivity index (χ0) is 21.7. The first-order valence-corrected chi connectivity index (χ1v) is 10.6. The lowest BCUT2D eigenvalue weighted by Crippen LogP contribution is -2.23. The molecule has 1 aliphatic rings. The molecule has 154 valence electrons. The number of aromatic nitrogens is 2. The summed E-state index contributed by atoms with van der Waals surface area (Å²) in [4.78, 5) is 29.8. The van der Waals surface area contributed by atoms with Crippen molar-refractivity contribution in [3.05, 3.63) is 102 Å². The van der Waals surface area contributed by atoms with Crippen LogP contribution in [0.25, 0.3) is 21.5 Å². The van der Waals surface area contributed by atoms with Crippen LogP contribution >= 0.6 is 11.3 Å². The first kappa shape index (κ1) is 19.2. The predicted molar refractivity (Wildman–Crippen MR) is 120 cm³/mol. The number of nitrogens with zero attached hydrogens (tertiary/aromatic N) is 3. The molecule has 1 aliphatic heterocycles. The Morgan fingerprint density at radius 2 is 2.03 bits per heavy atom. The van der Waals surface area contributed by atoms with Gasteiger partial charge in [0.15, 0.2) is 0 Å². The molecule has 31 heavy (non-hydrogen) atoms. The summed E-state index contributed by atoms with van der Waals surface area (Å²) < 4.78 is 1.95. The summed E-state index contributed by atoms with van der Waals surface area (Å²) in [6.45, 7) is 2.55. The Labute approximate surface area is 180 Å². The molecular formula is C23H17N3O4S. The summed E-state index contributed by atoms with van der Waals surface area (Å²) in [6.07, 6.45) is 0.812. The first-order chi connectivity index (χ1) is 15.0. The number of nitro benzene ring substituents is 1. The number of benzene rings is 2. The van der Waals surface area contributed by atoms with Crippen LogP contribution in [-0.2, 0) is 13.0 Å². The number of hydrogen-bond acceptors (Lipinski definition) is 6. The maximum atomic E-state index is 12.8. The van der Waals surface area contributed by atoms with Gasteiger partial charge in [0, 0.05) is 22.6 Å². The van der Waals surface area contributed by atoms with E-state index in [0.717, 1.165) is 27.3 Å². The van der Waals surface area contributed by atoms with Crippen molar-refractivity contribution in [3.63, 3.8) is 0 Å². The van der Waals surface area contributed by atoms with E-state index in [2.05, 4.69) is 4.98 Å². The van der Waals surface area contributed by atoms with Gasteiger partial charge in [-0.25, -0.2) is 0 Å². The van der Waals surface area contributed by atoms with Crippen LogP contribution in [0.4, 0.5) is 5.69 Å². The van der Waals surface area contributed by atoms with Gasteiger partial charge in [-0.2, -0.15) is 4.98 Å². The minimum Gasteiger partial charge on any atom is -0.507 e. The van der Waals surface area contributed by atoms with E-state index < -0.39 is 4.92 Å². The fraction of sp³-hybridized carbons (Fsp3) is 0.130. The van der Waals surface area contributed by atoms with Crippen LogP contribution in [0.5, 0.6) is 0 Å². The quantitative estimate of drug-likeness (QED) is 0.252. The minimum atomic E-state index is -0.506. The lowest BCUT2D eigenvalue weighted by molar-refractivity contribution is -0.384. The van der Waals surface area contributed by atoms with Crippen molar-refractivity contribution >= 4 is 38.6 Å². The third-order valence-electron chi connectivity index (χ3n) is 5.46. The van der Waals surface area contributed by atoms with Crippen LogP contribution < -0.4 is 5.56 Å². The Bertz CT molecular complexity index is 1470. The highest BCUT2D eigenvalue weighted by molar-refractivity contribution is 7.18. The predicted octanol–water partition coefficient (Wildman–Crippen LogP) is 4.76. The zero-order valence-electron chi connectivity index (χ0n) is 16.5. The van der Waals surface area contributed by atoms with Gasteiger partial charge < -0.3 is 9.67 Å². The molecule has 5 rings (SSSR count). The lowest BCUT2D eigenvalue weighted by atomic mass is 9.92. The van der Waals surface area contributed by atoms with Gasteiger partial charge in [-0.1, -0.05) is 43.3 Å². The van der Waals surface area contributed by atoms with Crippen LogP contribution in [0.15, 0.2) is 59.4 Å². The Morgan fingerprint density at radius 1 is 1.23 bits per heavy atom. The number of fused-ring (bicyclic) bond motifs is 4. The van der Waals surface area contributed by atoms with Crippen LogP contribution in [0.3, 0.4) is 0 Å². The number of aliphatic hydroxyl groups is 1. The van der Waals surface area contributed by atoms with Gasteiger partial charge in [0.1, 0.15) is 16.4 Å². The van der Waals surface area contributed by atoms with Gasteiger partial charge in [-0.3, -0.25) is 14.9 Å². The summed E-state index contributed by atoms with van der Waals surface area (Å²) in [7, 11) is 0. The highest BCUT2D eigenvalue weighted by atomic mass is 32.1. The van der Waals surface area contributed by atoms with Gasteiger partial charge in [0.2, 0.25) is 0 Å². The van der Waals surface area contributed by atoms with Gasteiger partial charge in [0.25, 0.3) is 11.2 Å². The topological polar surface area (TPSA) is 98.3 Å². The highest BCUT2D eigenvalue weighted by Crippen LogP contribution is 2.38. The Morgan fingerprint density at radius 3 is 2.81 bits per heavy atom. The second-order valence-electron chi connectivity index (χ2n) is 7.30. The first-order valence-electron chi connectivity index (χ1n) is 9.78. The largest absolute Gasteiger partial charge is 0.507 e. The van der Waals surface area contributed by atoms with E-state index in [1.807, 2.05) is 41.8 Å². The average Bonchev–Trinajstić information content (AvgIpc) is 3.23. The van der Waals surface area contributed by atoms with Crippen LogP contribution in [0.1, 0.15) is 34.3 Å². The molecule has 0 unspecified atom stereocenters. The molecule has 3 heterocycles. The summed E-state index contributed by atoms with van der Waals surface area (Å²) >= 11 is 1.55. The number of thiophene rings is 1. The molecule has 0 radical (unpaired) electrons. The number of non-ortho nitro benzene ring substituents is 1. The third-order valence-corrected chi connectivity index (χ3v) is 6.76. The summed E-state index contributed by atoms with van der Waals surface area (Å²) in [5.41, 5.74) is 1.95. The van der Waals surface area contributed by atoms with Crippen molar-refractivity contribution in [1.29, 1.82) is 0 Å². The van der Waals surface area contributed by atoms with E-state index in [0.29, 0.717) is 28.9 Å². The van der Waals surface area contributed by atoms with E-state index >= 15 is 0 Å². The monoisotopic (exact) mass is 431 g/mol. The Balaban J connectivity index is 1.86. The van der Waals surface area contributed by atoms with E-state index in [1.165, 1.54) is 18.2 Å². The summed E-state index contributed by atoms with van der Waals surface area (Å²) in [5.74, 6) is 0.216. The van der Waals surface area contributed by atoms with Crippen molar-refractivity contribution < 1.29 is 10.0 Å². The third kappa shape index (κ3) is 3.03. The fourth-order valence-corrected chi connectivity index (χ4v) is 5.03. The smallest absolute Gasteiger partial charge is 0.281 e. The van der Waals surface area contributed by atoms with E-state index in [1.54, 1.807) is 17.4 Å². The van der Waals surface area contributed by atoms with Gasteiger partial charge >= 0.3 is 0 Å². The Hall–Kier alpha value is -3.78. The minimum absolute atomic E-state index is 0.125. The lowest BCUT2D eigenvalue weighted by Gasteiger charge is -2.25. The van der Waals surface area contributed by atoms with Crippen molar-refractivity contribution in [2.45, 2.75) is 19.9 Å². The molecule has 8 heteroatoms. The normalized spacial score (nSPS) is 14.2. The molecular weight excluding hydrogens is 414 g/mol. The van der Waals surface area contributed by atoms with E-state index in [4.69, 9.17) is 0 Å². The fourth-order valence-electron chi connectivity index (χ4n) is 3.95. The molecule has 0 amide bonds. The number of rotatable bonds is 3. The maximum Gasteiger partial charge on any atom is 0.281 e. The van der Waals surface area contributed by atoms with Gasteiger partial charge in [0.05, 0.1) is 22.4 Å². The second-order valence-corrected chi connectivity index (χ2v) is 8.42.